The highest BCUT2D eigenvalue weighted by molar-refractivity contribution is 7.05. The molecule has 0 saturated heterocycles. The molecule has 1 atom stereocenters. The molecule has 0 bridgehead atoms. The fraction of sp³-hybridized carbons (Fsp3) is 0.778. The maximum Gasteiger partial charge on any atom is 0.0917 e. The molecule has 0 aliphatic heterocycles. The van der Waals surface area contributed by atoms with E-state index in [2.05, 4.69) is 16.5 Å². The van der Waals surface area contributed by atoms with Gasteiger partial charge in [0.2, 0.25) is 0 Å². The summed E-state index contributed by atoms with van der Waals surface area (Å²) in [5.74, 6) is 0. The Balaban J connectivity index is 2.59. The van der Waals surface area contributed by atoms with Crippen LogP contribution in [0.3, 0.4) is 0 Å². The molecule has 1 rings (SSSR count). The summed E-state index contributed by atoms with van der Waals surface area (Å²) in [6.45, 7) is 4.16. The van der Waals surface area contributed by atoms with Crippen LogP contribution in [-0.2, 0) is 6.42 Å². The van der Waals surface area contributed by atoms with Crippen molar-refractivity contribution in [3.05, 3.63) is 10.6 Å². The Morgan fingerprint density at radius 3 is 2.85 bits per heavy atom. The molecular formula is C9H16N2OS. The van der Waals surface area contributed by atoms with Gasteiger partial charge in [0.1, 0.15) is 0 Å². The molecule has 0 spiro atoms. The summed E-state index contributed by atoms with van der Waals surface area (Å²) in [5.41, 5.74) is 0.952. The average molecular weight is 200 g/mol. The van der Waals surface area contributed by atoms with Gasteiger partial charge in [0, 0.05) is 0 Å². The van der Waals surface area contributed by atoms with Crippen LogP contribution in [0.15, 0.2) is 0 Å². The Morgan fingerprint density at radius 1 is 1.46 bits per heavy atom. The second kappa shape index (κ2) is 5.29. The molecule has 0 aliphatic rings. The third-order valence-corrected chi connectivity index (χ3v) is 2.92. The SMILES string of the molecule is CCCCC(O)c1snnc1CC. The van der Waals surface area contributed by atoms with Gasteiger partial charge in [-0.1, -0.05) is 31.2 Å². The van der Waals surface area contributed by atoms with E-state index in [4.69, 9.17) is 0 Å². The first-order valence-electron chi connectivity index (χ1n) is 4.78. The van der Waals surface area contributed by atoms with Crippen LogP contribution in [0, 0.1) is 0 Å². The Morgan fingerprint density at radius 2 is 2.23 bits per heavy atom. The van der Waals surface area contributed by atoms with E-state index in [0.717, 1.165) is 36.3 Å². The second-order valence-electron chi connectivity index (χ2n) is 3.10. The van der Waals surface area contributed by atoms with E-state index in [1.165, 1.54) is 11.5 Å². The van der Waals surface area contributed by atoms with Crippen molar-refractivity contribution in [2.24, 2.45) is 0 Å². The minimum Gasteiger partial charge on any atom is -0.387 e. The number of hydrogen-bond donors (Lipinski definition) is 1. The number of aliphatic hydroxyl groups excluding tert-OH is 1. The lowest BCUT2D eigenvalue weighted by Crippen LogP contribution is -1.98. The van der Waals surface area contributed by atoms with Gasteiger partial charge in [0.05, 0.1) is 16.7 Å². The van der Waals surface area contributed by atoms with Gasteiger partial charge in [-0.25, -0.2) is 0 Å². The molecule has 0 fully saturated rings. The number of hydrogen-bond acceptors (Lipinski definition) is 4. The van der Waals surface area contributed by atoms with Crippen LogP contribution in [0.4, 0.5) is 0 Å². The van der Waals surface area contributed by atoms with Crippen molar-refractivity contribution in [2.75, 3.05) is 0 Å². The summed E-state index contributed by atoms with van der Waals surface area (Å²) in [4.78, 5) is 0.955. The monoisotopic (exact) mass is 200 g/mol. The van der Waals surface area contributed by atoms with E-state index < -0.39 is 0 Å². The predicted octanol–water partition coefficient (Wildman–Crippen LogP) is 2.32. The summed E-state index contributed by atoms with van der Waals surface area (Å²) in [5, 5.41) is 13.8. The van der Waals surface area contributed by atoms with Gasteiger partial charge < -0.3 is 5.11 Å². The van der Waals surface area contributed by atoms with E-state index in [0.29, 0.717) is 0 Å². The first kappa shape index (κ1) is 10.6. The average Bonchev–Trinajstić information content (AvgIpc) is 2.61. The third-order valence-electron chi connectivity index (χ3n) is 2.05. The molecule has 0 radical (unpaired) electrons. The summed E-state index contributed by atoms with van der Waals surface area (Å²) < 4.78 is 3.85. The minimum atomic E-state index is -0.352. The van der Waals surface area contributed by atoms with E-state index in [-0.39, 0.29) is 6.10 Å². The van der Waals surface area contributed by atoms with Crippen LogP contribution in [0.1, 0.15) is 49.8 Å². The van der Waals surface area contributed by atoms with Gasteiger partial charge in [-0.3, -0.25) is 0 Å². The highest BCUT2D eigenvalue weighted by atomic mass is 32.1. The Hall–Kier alpha value is -0.480. The standard InChI is InChI=1S/C9H16N2OS/c1-3-5-6-8(12)9-7(4-2)10-11-13-9/h8,12H,3-6H2,1-2H3. The lowest BCUT2D eigenvalue weighted by molar-refractivity contribution is 0.167. The number of nitrogens with zero attached hydrogens (tertiary/aromatic N) is 2. The fourth-order valence-electron chi connectivity index (χ4n) is 1.24. The van der Waals surface area contributed by atoms with E-state index in [1.807, 2.05) is 6.92 Å². The van der Waals surface area contributed by atoms with Crippen molar-refractivity contribution in [1.82, 2.24) is 9.59 Å². The third kappa shape index (κ3) is 2.74. The quantitative estimate of drug-likeness (QED) is 0.793. The molecule has 0 amide bonds. The minimum absolute atomic E-state index is 0.352. The van der Waals surface area contributed by atoms with E-state index in [9.17, 15) is 5.11 Å². The van der Waals surface area contributed by atoms with E-state index >= 15 is 0 Å². The molecule has 1 aromatic heterocycles. The van der Waals surface area contributed by atoms with Gasteiger partial charge >= 0.3 is 0 Å². The molecule has 1 aromatic rings. The summed E-state index contributed by atoms with van der Waals surface area (Å²) >= 11 is 1.32. The van der Waals surface area contributed by atoms with Crippen LogP contribution in [0.2, 0.25) is 0 Å². The van der Waals surface area contributed by atoms with Crippen molar-refractivity contribution in [3.63, 3.8) is 0 Å². The van der Waals surface area contributed by atoms with Crippen molar-refractivity contribution < 1.29 is 5.11 Å². The van der Waals surface area contributed by atoms with Crippen LogP contribution in [0.5, 0.6) is 0 Å². The van der Waals surface area contributed by atoms with Crippen molar-refractivity contribution in [2.45, 2.75) is 45.6 Å². The Bertz CT molecular complexity index is 250. The molecule has 74 valence electrons. The van der Waals surface area contributed by atoms with Gasteiger partial charge in [-0.2, -0.15) is 0 Å². The van der Waals surface area contributed by atoms with Gasteiger partial charge in [0.25, 0.3) is 0 Å². The molecule has 1 heterocycles. The smallest absolute Gasteiger partial charge is 0.0917 e. The Labute approximate surface area is 83.0 Å². The van der Waals surface area contributed by atoms with Gasteiger partial charge in [-0.05, 0) is 24.4 Å². The van der Waals surface area contributed by atoms with Crippen molar-refractivity contribution in [1.29, 1.82) is 0 Å². The van der Waals surface area contributed by atoms with Crippen LogP contribution in [-0.4, -0.2) is 14.7 Å². The molecule has 3 nitrogen and oxygen atoms in total. The predicted molar refractivity (Wildman–Crippen MR) is 53.8 cm³/mol. The lowest BCUT2D eigenvalue weighted by Gasteiger charge is -2.07. The maximum atomic E-state index is 9.78. The normalized spacial score (nSPS) is 13.2. The molecule has 1 N–H and O–H groups in total. The maximum absolute atomic E-state index is 9.78. The molecule has 13 heavy (non-hydrogen) atoms. The topological polar surface area (TPSA) is 46.0 Å². The highest BCUT2D eigenvalue weighted by Gasteiger charge is 2.14. The van der Waals surface area contributed by atoms with E-state index in [1.54, 1.807) is 0 Å². The van der Waals surface area contributed by atoms with Crippen LogP contribution < -0.4 is 0 Å². The number of unbranched alkanes of at least 4 members (excludes halogenated alkanes) is 1. The van der Waals surface area contributed by atoms with Crippen LogP contribution >= 0.6 is 11.5 Å². The molecule has 0 saturated carbocycles. The number of aromatic nitrogens is 2. The summed E-state index contributed by atoms with van der Waals surface area (Å²) in [6, 6.07) is 0. The largest absolute Gasteiger partial charge is 0.387 e. The molecule has 1 unspecified atom stereocenters. The van der Waals surface area contributed by atoms with Crippen molar-refractivity contribution in [3.8, 4) is 0 Å². The van der Waals surface area contributed by atoms with Gasteiger partial charge in [0.15, 0.2) is 0 Å². The molecular weight excluding hydrogens is 184 g/mol. The number of rotatable bonds is 5. The number of aliphatic hydroxyl groups is 1. The Kier molecular flexibility index (Phi) is 4.32. The zero-order valence-corrected chi connectivity index (χ0v) is 8.97. The summed E-state index contributed by atoms with van der Waals surface area (Å²) in [6.07, 6.45) is 3.50. The molecule has 4 heteroatoms. The zero-order valence-electron chi connectivity index (χ0n) is 8.16. The number of aryl methyl sites for hydroxylation is 1. The molecule has 0 aromatic carbocycles. The highest BCUT2D eigenvalue weighted by Crippen LogP contribution is 2.24. The zero-order chi connectivity index (χ0) is 9.68. The molecule has 0 aliphatic carbocycles. The van der Waals surface area contributed by atoms with Gasteiger partial charge in [-0.15, -0.1) is 5.10 Å². The fourth-order valence-corrected chi connectivity index (χ4v) is 2.00. The van der Waals surface area contributed by atoms with Crippen molar-refractivity contribution >= 4 is 11.5 Å². The second-order valence-corrected chi connectivity index (χ2v) is 3.88. The summed E-state index contributed by atoms with van der Waals surface area (Å²) in [7, 11) is 0. The lowest BCUT2D eigenvalue weighted by atomic mass is 10.1. The first-order valence-corrected chi connectivity index (χ1v) is 5.56. The van der Waals surface area contributed by atoms with Crippen LogP contribution in [0.25, 0.3) is 0 Å². The first-order chi connectivity index (χ1) is 6.29.